The fraction of sp³-hybridized carbons (Fsp3) is 0.160. The number of hydrogen-bond acceptors (Lipinski definition) is 3. The molecule has 0 unspecified atom stereocenters. The molecular formula is C25H20F3NO2. The van der Waals surface area contributed by atoms with E-state index >= 15 is 0 Å². The van der Waals surface area contributed by atoms with Crippen molar-refractivity contribution in [1.82, 2.24) is 4.98 Å². The minimum Gasteiger partial charge on any atom is -0.496 e. The number of ether oxygens (including phenoxy) is 2. The highest BCUT2D eigenvalue weighted by molar-refractivity contribution is 5.97. The van der Waals surface area contributed by atoms with Crippen LogP contribution in [0.5, 0.6) is 11.5 Å². The summed E-state index contributed by atoms with van der Waals surface area (Å²) in [6.45, 7) is 2.15. The van der Waals surface area contributed by atoms with Gasteiger partial charge in [-0.25, -0.2) is 0 Å². The van der Waals surface area contributed by atoms with Crippen molar-refractivity contribution >= 4 is 10.9 Å². The van der Waals surface area contributed by atoms with Gasteiger partial charge in [-0.1, -0.05) is 42.5 Å². The zero-order chi connectivity index (χ0) is 22.0. The molecule has 0 saturated carbocycles. The highest BCUT2D eigenvalue weighted by atomic mass is 19.4. The molecule has 0 aliphatic heterocycles. The van der Waals surface area contributed by atoms with Crippen molar-refractivity contribution in [3.63, 3.8) is 0 Å². The largest absolute Gasteiger partial charge is 0.496 e. The van der Waals surface area contributed by atoms with E-state index in [1.807, 2.05) is 55.5 Å². The molecule has 0 aliphatic rings. The first-order chi connectivity index (χ1) is 14.9. The summed E-state index contributed by atoms with van der Waals surface area (Å²) in [5.41, 5.74) is 2.36. The van der Waals surface area contributed by atoms with E-state index < -0.39 is 11.7 Å². The second kappa shape index (κ2) is 8.30. The molecule has 31 heavy (non-hydrogen) atoms. The lowest BCUT2D eigenvalue weighted by Crippen LogP contribution is -2.07. The maximum atomic E-state index is 13.5. The Bertz CT molecular complexity index is 1240. The summed E-state index contributed by atoms with van der Waals surface area (Å²) in [4.78, 5) is 4.09. The Morgan fingerprint density at radius 3 is 2.48 bits per heavy atom. The fourth-order valence-electron chi connectivity index (χ4n) is 3.66. The smallest absolute Gasteiger partial charge is 0.418 e. The number of methoxy groups -OCH3 is 1. The number of aryl methyl sites for hydroxylation is 1. The number of pyridine rings is 1. The van der Waals surface area contributed by atoms with Gasteiger partial charge < -0.3 is 9.47 Å². The van der Waals surface area contributed by atoms with Crippen molar-refractivity contribution in [2.45, 2.75) is 19.7 Å². The summed E-state index contributed by atoms with van der Waals surface area (Å²) in [6.07, 6.45) is -2.99. The standard InChI is InChI=1S/C25H20F3NO2/c1-16-14-29-24-20(10-6-11-21(24)25(26,27)28)23(16)17-8-5-9-19(13-17)31-15-18-7-3-4-12-22(18)30-2/h3-14H,15H2,1-2H3. The zero-order valence-electron chi connectivity index (χ0n) is 17.0. The average molecular weight is 423 g/mol. The molecule has 0 radical (unpaired) electrons. The lowest BCUT2D eigenvalue weighted by atomic mass is 9.95. The Morgan fingerprint density at radius 2 is 1.71 bits per heavy atom. The van der Waals surface area contributed by atoms with E-state index in [0.29, 0.717) is 23.3 Å². The first kappa shape index (κ1) is 20.7. The first-order valence-corrected chi connectivity index (χ1v) is 9.69. The topological polar surface area (TPSA) is 31.4 Å². The van der Waals surface area contributed by atoms with Crippen LogP contribution in [-0.2, 0) is 12.8 Å². The Hall–Kier alpha value is -3.54. The molecule has 0 spiro atoms. The summed E-state index contributed by atoms with van der Waals surface area (Å²) in [7, 11) is 1.60. The van der Waals surface area contributed by atoms with Gasteiger partial charge >= 0.3 is 6.18 Å². The monoisotopic (exact) mass is 423 g/mol. The average Bonchev–Trinajstić information content (AvgIpc) is 2.77. The Kier molecular flexibility index (Phi) is 5.55. The second-order valence-electron chi connectivity index (χ2n) is 7.14. The van der Waals surface area contributed by atoms with E-state index in [1.54, 1.807) is 13.2 Å². The molecule has 4 aromatic rings. The van der Waals surface area contributed by atoms with Crippen LogP contribution in [0, 0.1) is 6.92 Å². The molecule has 1 aromatic heterocycles. The summed E-state index contributed by atoms with van der Waals surface area (Å²) >= 11 is 0. The molecule has 0 N–H and O–H groups in total. The lowest BCUT2D eigenvalue weighted by molar-refractivity contribution is -0.136. The fourth-order valence-corrected chi connectivity index (χ4v) is 3.66. The maximum Gasteiger partial charge on any atom is 0.418 e. The SMILES string of the molecule is COc1ccccc1COc1cccc(-c2c(C)cnc3c(C(F)(F)F)cccc23)c1. The van der Waals surface area contributed by atoms with Crippen LogP contribution in [0.15, 0.2) is 72.9 Å². The highest BCUT2D eigenvalue weighted by Crippen LogP contribution is 2.38. The molecule has 3 aromatic carbocycles. The predicted molar refractivity (Wildman–Crippen MR) is 114 cm³/mol. The zero-order valence-corrected chi connectivity index (χ0v) is 17.0. The van der Waals surface area contributed by atoms with Crippen LogP contribution in [0.4, 0.5) is 13.2 Å². The van der Waals surface area contributed by atoms with E-state index in [-0.39, 0.29) is 5.52 Å². The maximum absolute atomic E-state index is 13.5. The van der Waals surface area contributed by atoms with Gasteiger partial charge in [0.05, 0.1) is 18.2 Å². The second-order valence-corrected chi connectivity index (χ2v) is 7.14. The number of fused-ring (bicyclic) bond motifs is 1. The van der Waals surface area contributed by atoms with Gasteiger partial charge in [0.25, 0.3) is 0 Å². The molecular weight excluding hydrogens is 403 g/mol. The predicted octanol–water partition coefficient (Wildman–Crippen LogP) is 6.82. The molecule has 0 saturated heterocycles. The van der Waals surface area contributed by atoms with Gasteiger partial charge in [-0.15, -0.1) is 0 Å². The summed E-state index contributed by atoms with van der Waals surface area (Å²) < 4.78 is 51.7. The highest BCUT2D eigenvalue weighted by Gasteiger charge is 2.33. The van der Waals surface area contributed by atoms with Gasteiger partial charge in [-0.2, -0.15) is 13.2 Å². The Morgan fingerprint density at radius 1 is 0.935 bits per heavy atom. The molecule has 0 amide bonds. The molecule has 3 nitrogen and oxygen atoms in total. The van der Waals surface area contributed by atoms with Crippen LogP contribution in [-0.4, -0.2) is 12.1 Å². The number of halogens is 3. The quantitative estimate of drug-likeness (QED) is 0.353. The van der Waals surface area contributed by atoms with Gasteiger partial charge in [0.1, 0.15) is 18.1 Å². The molecule has 0 atom stereocenters. The van der Waals surface area contributed by atoms with E-state index in [9.17, 15) is 13.2 Å². The molecule has 0 aliphatic carbocycles. The Balaban J connectivity index is 1.73. The van der Waals surface area contributed by atoms with Gasteiger partial charge in [-0.05, 0) is 47.9 Å². The van der Waals surface area contributed by atoms with E-state index in [1.165, 1.54) is 12.3 Å². The number of para-hydroxylation sites is 2. The van der Waals surface area contributed by atoms with Gasteiger partial charge in [-0.3, -0.25) is 4.98 Å². The first-order valence-electron chi connectivity index (χ1n) is 9.69. The number of nitrogens with zero attached hydrogens (tertiary/aromatic N) is 1. The Labute approximate surface area is 178 Å². The van der Waals surface area contributed by atoms with Gasteiger partial charge in [0.2, 0.25) is 0 Å². The van der Waals surface area contributed by atoms with Crippen molar-refractivity contribution in [2.24, 2.45) is 0 Å². The number of alkyl halides is 3. The number of aromatic nitrogens is 1. The van der Waals surface area contributed by atoms with Crippen molar-refractivity contribution in [3.05, 3.63) is 89.6 Å². The van der Waals surface area contributed by atoms with Crippen molar-refractivity contribution in [2.75, 3.05) is 7.11 Å². The lowest BCUT2D eigenvalue weighted by Gasteiger charge is -2.15. The summed E-state index contributed by atoms with van der Waals surface area (Å²) in [6, 6.07) is 19.0. The molecule has 0 bridgehead atoms. The van der Waals surface area contributed by atoms with E-state index in [4.69, 9.17) is 9.47 Å². The minimum atomic E-state index is -4.47. The van der Waals surface area contributed by atoms with Crippen molar-refractivity contribution < 1.29 is 22.6 Å². The van der Waals surface area contributed by atoms with Crippen LogP contribution < -0.4 is 9.47 Å². The summed E-state index contributed by atoms with van der Waals surface area (Å²) in [5.74, 6) is 1.34. The van der Waals surface area contributed by atoms with Crippen LogP contribution in [0.3, 0.4) is 0 Å². The normalized spacial score (nSPS) is 11.5. The van der Waals surface area contributed by atoms with E-state index in [0.717, 1.165) is 28.5 Å². The van der Waals surface area contributed by atoms with E-state index in [2.05, 4.69) is 4.98 Å². The number of benzene rings is 3. The molecule has 6 heteroatoms. The molecule has 0 fully saturated rings. The van der Waals surface area contributed by atoms with Crippen LogP contribution >= 0.6 is 0 Å². The van der Waals surface area contributed by atoms with Crippen molar-refractivity contribution in [1.29, 1.82) is 0 Å². The van der Waals surface area contributed by atoms with Gasteiger partial charge in [0.15, 0.2) is 0 Å². The minimum absolute atomic E-state index is 0.0593. The van der Waals surface area contributed by atoms with Crippen molar-refractivity contribution in [3.8, 4) is 22.6 Å². The third-order valence-corrected chi connectivity index (χ3v) is 5.10. The third-order valence-electron chi connectivity index (χ3n) is 5.10. The molecule has 158 valence electrons. The van der Waals surface area contributed by atoms with Crippen LogP contribution in [0.2, 0.25) is 0 Å². The number of hydrogen-bond donors (Lipinski definition) is 0. The number of rotatable bonds is 5. The summed E-state index contributed by atoms with van der Waals surface area (Å²) in [5, 5.41) is 0.455. The van der Waals surface area contributed by atoms with Crippen LogP contribution in [0.1, 0.15) is 16.7 Å². The molecule has 4 rings (SSSR count). The van der Waals surface area contributed by atoms with Gasteiger partial charge in [0, 0.05) is 17.1 Å². The third kappa shape index (κ3) is 4.19. The van der Waals surface area contributed by atoms with Crippen LogP contribution in [0.25, 0.3) is 22.0 Å². The molecule has 1 heterocycles.